The number of anilines is 2. The Morgan fingerprint density at radius 3 is 2.66 bits per heavy atom. The highest BCUT2D eigenvalue weighted by atomic mass is 35.5. The highest BCUT2D eigenvalue weighted by molar-refractivity contribution is 6.31. The number of piperazine rings is 1. The minimum absolute atomic E-state index is 0.184. The van der Waals surface area contributed by atoms with Gasteiger partial charge in [0, 0.05) is 37.3 Å². The zero-order valence-electron chi connectivity index (χ0n) is 16.9. The highest BCUT2D eigenvalue weighted by Crippen LogP contribution is 2.28. The molecule has 2 amide bonds. The summed E-state index contributed by atoms with van der Waals surface area (Å²) < 4.78 is 10.9. The number of carbonyl (C=O) groups excluding carboxylic acids is 1. The van der Waals surface area contributed by atoms with Gasteiger partial charge in [-0.3, -0.25) is 0 Å². The van der Waals surface area contributed by atoms with E-state index in [1.807, 2.05) is 13.0 Å². The first-order valence-corrected chi connectivity index (χ1v) is 10.0. The lowest BCUT2D eigenvalue weighted by atomic mass is 10.3. The van der Waals surface area contributed by atoms with Crippen LogP contribution >= 0.6 is 11.6 Å². The number of methoxy groups -OCH3 is 1. The summed E-state index contributed by atoms with van der Waals surface area (Å²) in [5, 5.41) is 3.41. The van der Waals surface area contributed by atoms with E-state index in [1.54, 1.807) is 30.2 Å². The molecule has 0 atom stereocenters. The van der Waals surface area contributed by atoms with Crippen molar-refractivity contribution >= 4 is 29.1 Å². The lowest BCUT2D eigenvalue weighted by molar-refractivity contribution is 0.208. The van der Waals surface area contributed by atoms with Gasteiger partial charge in [-0.1, -0.05) is 18.5 Å². The van der Waals surface area contributed by atoms with Crippen molar-refractivity contribution < 1.29 is 14.3 Å². The number of rotatable bonds is 6. The largest absolute Gasteiger partial charge is 0.495 e. The summed E-state index contributed by atoms with van der Waals surface area (Å²) in [6.45, 7) is 7.01. The number of halogens is 1. The first-order chi connectivity index (χ1) is 14.0. The molecule has 1 aliphatic rings. The van der Waals surface area contributed by atoms with E-state index in [0.717, 1.165) is 12.2 Å². The third kappa shape index (κ3) is 5.41. The van der Waals surface area contributed by atoms with Crippen molar-refractivity contribution in [2.75, 3.05) is 50.1 Å². The summed E-state index contributed by atoms with van der Waals surface area (Å²) in [7, 11) is 1.56. The first kappa shape index (κ1) is 21.0. The van der Waals surface area contributed by atoms with Crippen LogP contribution in [0.15, 0.2) is 24.3 Å². The summed E-state index contributed by atoms with van der Waals surface area (Å²) in [6.07, 6.45) is 0.920. The number of nitrogens with one attached hydrogen (secondary N) is 1. The number of aromatic nitrogens is 2. The lowest BCUT2D eigenvalue weighted by Gasteiger charge is -2.35. The van der Waals surface area contributed by atoms with Gasteiger partial charge in [0.2, 0.25) is 5.88 Å². The topological polar surface area (TPSA) is 79.8 Å². The van der Waals surface area contributed by atoms with Crippen LogP contribution in [-0.2, 0) is 0 Å². The Bertz CT molecular complexity index is 856. The molecule has 1 fully saturated rings. The number of carbonyl (C=O) groups is 1. The van der Waals surface area contributed by atoms with Crippen molar-refractivity contribution in [1.29, 1.82) is 0 Å². The Balaban J connectivity index is 1.61. The van der Waals surface area contributed by atoms with Crippen LogP contribution in [0.4, 0.5) is 16.3 Å². The number of benzene rings is 1. The summed E-state index contributed by atoms with van der Waals surface area (Å²) in [5.41, 5.74) is 0.552. The van der Waals surface area contributed by atoms with E-state index < -0.39 is 0 Å². The van der Waals surface area contributed by atoms with E-state index in [2.05, 4.69) is 27.1 Å². The molecule has 1 aromatic heterocycles. The van der Waals surface area contributed by atoms with Gasteiger partial charge in [0.05, 0.1) is 19.4 Å². The molecule has 0 bridgehead atoms. The van der Waals surface area contributed by atoms with Crippen molar-refractivity contribution in [3.05, 3.63) is 35.1 Å². The molecule has 0 saturated carbocycles. The van der Waals surface area contributed by atoms with Gasteiger partial charge in [-0.05, 0) is 31.5 Å². The summed E-state index contributed by atoms with van der Waals surface area (Å²) in [6, 6.07) is 6.80. The number of nitrogens with zero attached hydrogens (tertiary/aromatic N) is 4. The molecule has 8 nitrogen and oxygen atoms in total. The third-order valence-electron chi connectivity index (χ3n) is 4.55. The SMILES string of the molecule is CCCOc1cc(N2CCN(C(=O)Nc3cc(Cl)ccc3OC)CC2)nc(C)n1. The van der Waals surface area contributed by atoms with Gasteiger partial charge in [-0.2, -0.15) is 4.98 Å². The minimum Gasteiger partial charge on any atom is -0.495 e. The quantitative estimate of drug-likeness (QED) is 0.770. The van der Waals surface area contributed by atoms with Gasteiger partial charge in [-0.25, -0.2) is 9.78 Å². The molecule has 1 aliphatic heterocycles. The number of ether oxygens (including phenoxy) is 2. The molecule has 1 saturated heterocycles. The second-order valence-corrected chi connectivity index (χ2v) is 7.15. The molecule has 0 spiro atoms. The van der Waals surface area contributed by atoms with Crippen LogP contribution in [0.3, 0.4) is 0 Å². The van der Waals surface area contributed by atoms with E-state index in [-0.39, 0.29) is 6.03 Å². The summed E-state index contributed by atoms with van der Waals surface area (Å²) in [4.78, 5) is 25.4. The maximum atomic E-state index is 12.7. The maximum absolute atomic E-state index is 12.7. The zero-order chi connectivity index (χ0) is 20.8. The van der Waals surface area contributed by atoms with Gasteiger partial charge in [0.25, 0.3) is 0 Å². The molecule has 0 radical (unpaired) electrons. The molecule has 0 unspecified atom stereocenters. The standard InChI is InChI=1S/C20H26ClN5O3/c1-4-11-29-19-13-18(22-14(2)23-19)25-7-9-26(10-8-25)20(27)24-16-12-15(21)5-6-17(16)28-3/h5-6,12-13H,4,7-11H2,1-3H3,(H,24,27). The predicted molar refractivity (Wildman–Crippen MR) is 113 cm³/mol. The van der Waals surface area contributed by atoms with E-state index in [4.69, 9.17) is 21.1 Å². The van der Waals surface area contributed by atoms with Crippen LogP contribution < -0.4 is 19.7 Å². The molecule has 0 aliphatic carbocycles. The Labute approximate surface area is 175 Å². The summed E-state index contributed by atoms with van der Waals surface area (Å²) >= 11 is 6.04. The van der Waals surface area contributed by atoms with Crippen molar-refractivity contribution in [2.24, 2.45) is 0 Å². The average molecular weight is 420 g/mol. The molecule has 2 aromatic rings. The minimum atomic E-state index is -0.184. The molecule has 9 heteroatoms. The van der Waals surface area contributed by atoms with Crippen molar-refractivity contribution in [1.82, 2.24) is 14.9 Å². The van der Waals surface area contributed by atoms with E-state index >= 15 is 0 Å². The monoisotopic (exact) mass is 419 g/mol. The smallest absolute Gasteiger partial charge is 0.322 e. The van der Waals surface area contributed by atoms with Crippen LogP contribution in [0.5, 0.6) is 11.6 Å². The molecule has 29 heavy (non-hydrogen) atoms. The van der Waals surface area contributed by atoms with Crippen molar-refractivity contribution in [3.63, 3.8) is 0 Å². The van der Waals surface area contributed by atoms with Crippen LogP contribution in [0.25, 0.3) is 0 Å². The maximum Gasteiger partial charge on any atom is 0.322 e. The highest BCUT2D eigenvalue weighted by Gasteiger charge is 2.23. The van der Waals surface area contributed by atoms with Crippen LogP contribution in [0.1, 0.15) is 19.2 Å². The number of hydrogen-bond donors (Lipinski definition) is 1. The van der Waals surface area contributed by atoms with Gasteiger partial charge >= 0.3 is 6.03 Å². The fraction of sp³-hybridized carbons (Fsp3) is 0.450. The summed E-state index contributed by atoms with van der Waals surface area (Å²) in [5.74, 6) is 2.64. The van der Waals surface area contributed by atoms with Crippen LogP contribution in [-0.4, -0.2) is 60.8 Å². The predicted octanol–water partition coefficient (Wildman–Crippen LogP) is 3.59. The Morgan fingerprint density at radius 1 is 1.21 bits per heavy atom. The molecule has 1 N–H and O–H groups in total. The third-order valence-corrected chi connectivity index (χ3v) is 4.78. The van der Waals surface area contributed by atoms with Crippen molar-refractivity contribution in [3.8, 4) is 11.6 Å². The molecule has 1 aromatic carbocycles. The van der Waals surface area contributed by atoms with E-state index in [1.165, 1.54) is 0 Å². The average Bonchev–Trinajstić information content (AvgIpc) is 2.72. The number of amides is 2. The zero-order valence-corrected chi connectivity index (χ0v) is 17.7. The molecule has 156 valence electrons. The molecule has 2 heterocycles. The lowest BCUT2D eigenvalue weighted by Crippen LogP contribution is -2.50. The van der Waals surface area contributed by atoms with E-state index in [0.29, 0.717) is 60.9 Å². The Kier molecular flexibility index (Phi) is 6.98. The van der Waals surface area contributed by atoms with Crippen molar-refractivity contribution in [2.45, 2.75) is 20.3 Å². The molecular weight excluding hydrogens is 394 g/mol. The molecular formula is C20H26ClN5O3. The Hall–Kier alpha value is -2.74. The van der Waals surface area contributed by atoms with Gasteiger partial charge in [0.15, 0.2) is 0 Å². The van der Waals surface area contributed by atoms with Gasteiger partial charge < -0.3 is 24.6 Å². The van der Waals surface area contributed by atoms with E-state index in [9.17, 15) is 4.79 Å². The molecule has 3 rings (SSSR count). The number of hydrogen-bond acceptors (Lipinski definition) is 6. The number of urea groups is 1. The van der Waals surface area contributed by atoms with Crippen LogP contribution in [0, 0.1) is 6.92 Å². The Morgan fingerprint density at radius 2 is 1.97 bits per heavy atom. The van der Waals surface area contributed by atoms with Crippen LogP contribution in [0.2, 0.25) is 5.02 Å². The second-order valence-electron chi connectivity index (χ2n) is 6.71. The fourth-order valence-corrected chi connectivity index (χ4v) is 3.25. The second kappa shape index (κ2) is 9.65. The first-order valence-electron chi connectivity index (χ1n) is 9.63. The number of aryl methyl sites for hydroxylation is 1. The van der Waals surface area contributed by atoms with Gasteiger partial charge in [0.1, 0.15) is 17.4 Å². The fourth-order valence-electron chi connectivity index (χ4n) is 3.08. The normalized spacial score (nSPS) is 13.9. The van der Waals surface area contributed by atoms with Gasteiger partial charge in [-0.15, -0.1) is 0 Å².